The third kappa shape index (κ3) is 3.95. The molecule has 26 heavy (non-hydrogen) atoms. The van der Waals surface area contributed by atoms with Crippen LogP contribution in [0.3, 0.4) is 0 Å². The molecule has 0 spiro atoms. The van der Waals surface area contributed by atoms with Crippen LogP contribution in [0.15, 0.2) is 33.8 Å². The van der Waals surface area contributed by atoms with E-state index in [9.17, 15) is 14.4 Å². The minimum Gasteiger partial charge on any atom is -0.466 e. The van der Waals surface area contributed by atoms with E-state index in [-0.39, 0.29) is 29.9 Å². The first-order chi connectivity index (χ1) is 12.5. The molecule has 0 saturated carbocycles. The maximum absolute atomic E-state index is 12.6. The molecule has 0 unspecified atom stereocenters. The van der Waals surface area contributed by atoms with Crippen LogP contribution in [0.25, 0.3) is 10.9 Å². The second-order valence-corrected chi connectivity index (χ2v) is 7.16. The third-order valence-electron chi connectivity index (χ3n) is 4.56. The number of carbonyl (C=O) groups is 2. The molecule has 138 valence electrons. The van der Waals surface area contributed by atoms with E-state index < -0.39 is 0 Å². The Labute approximate surface area is 159 Å². The summed E-state index contributed by atoms with van der Waals surface area (Å²) in [6.45, 7) is 3.07. The average Bonchev–Trinajstić information content (AvgIpc) is 2.64. The molecule has 1 aromatic carbocycles. The topological polar surface area (TPSA) is 81.5 Å². The van der Waals surface area contributed by atoms with Crippen molar-refractivity contribution in [2.45, 2.75) is 26.3 Å². The van der Waals surface area contributed by atoms with Gasteiger partial charge in [0, 0.05) is 17.6 Å². The highest BCUT2D eigenvalue weighted by Gasteiger charge is 2.28. The summed E-state index contributed by atoms with van der Waals surface area (Å²) in [6.07, 6.45) is 2.58. The minimum atomic E-state index is -0.244. The van der Waals surface area contributed by atoms with E-state index in [4.69, 9.17) is 4.74 Å². The number of halogens is 1. The van der Waals surface area contributed by atoms with Crippen LogP contribution in [0.5, 0.6) is 0 Å². The lowest BCUT2D eigenvalue weighted by Gasteiger charge is -2.31. The molecule has 0 N–H and O–H groups in total. The number of rotatable bonds is 4. The number of hydrogen-bond donors (Lipinski definition) is 0. The number of nitrogens with zero attached hydrogens (tertiary/aromatic N) is 3. The smallest absolute Gasteiger partial charge is 0.309 e. The molecule has 1 aromatic heterocycles. The van der Waals surface area contributed by atoms with Crippen molar-refractivity contribution in [3.8, 4) is 0 Å². The maximum Gasteiger partial charge on any atom is 0.309 e. The van der Waals surface area contributed by atoms with Gasteiger partial charge in [-0.25, -0.2) is 4.98 Å². The fourth-order valence-corrected chi connectivity index (χ4v) is 3.48. The van der Waals surface area contributed by atoms with E-state index >= 15 is 0 Å². The maximum atomic E-state index is 12.6. The highest BCUT2D eigenvalue weighted by molar-refractivity contribution is 9.10. The zero-order valence-corrected chi connectivity index (χ0v) is 16.1. The summed E-state index contributed by atoms with van der Waals surface area (Å²) in [4.78, 5) is 42.8. The first-order valence-electron chi connectivity index (χ1n) is 8.58. The van der Waals surface area contributed by atoms with Crippen LogP contribution in [-0.4, -0.2) is 46.0 Å². The molecule has 1 amide bonds. The molecule has 0 atom stereocenters. The molecule has 1 aliphatic rings. The van der Waals surface area contributed by atoms with E-state index in [0.717, 1.165) is 4.47 Å². The lowest BCUT2D eigenvalue weighted by Crippen LogP contribution is -2.43. The van der Waals surface area contributed by atoms with E-state index in [2.05, 4.69) is 20.9 Å². The number of likely N-dealkylation sites (tertiary alicyclic amines) is 1. The molecular formula is C18H20BrN3O4. The van der Waals surface area contributed by atoms with Crippen LogP contribution in [0.1, 0.15) is 19.8 Å². The number of aromatic nitrogens is 2. The number of carbonyl (C=O) groups excluding carboxylic acids is 2. The van der Waals surface area contributed by atoms with E-state index in [1.165, 1.54) is 10.9 Å². The molecule has 0 radical (unpaired) electrons. The molecule has 0 aliphatic carbocycles. The zero-order valence-electron chi connectivity index (χ0n) is 14.5. The van der Waals surface area contributed by atoms with Gasteiger partial charge in [0.2, 0.25) is 5.91 Å². The lowest BCUT2D eigenvalue weighted by atomic mass is 9.97. The molecule has 1 saturated heterocycles. The lowest BCUT2D eigenvalue weighted by molar-refractivity contribution is -0.151. The van der Waals surface area contributed by atoms with Gasteiger partial charge in [-0.1, -0.05) is 15.9 Å². The predicted molar refractivity (Wildman–Crippen MR) is 99.6 cm³/mol. The summed E-state index contributed by atoms with van der Waals surface area (Å²) in [5, 5.41) is 0.468. The number of amides is 1. The Morgan fingerprint density at radius 1 is 1.31 bits per heavy atom. The number of fused-ring (bicyclic) bond motifs is 1. The molecule has 8 heteroatoms. The monoisotopic (exact) mass is 421 g/mol. The number of benzene rings is 1. The highest BCUT2D eigenvalue weighted by Crippen LogP contribution is 2.19. The van der Waals surface area contributed by atoms with Crippen LogP contribution in [0.2, 0.25) is 0 Å². The van der Waals surface area contributed by atoms with Gasteiger partial charge in [-0.3, -0.25) is 19.0 Å². The Kier molecular flexibility index (Phi) is 5.70. The van der Waals surface area contributed by atoms with Crippen molar-refractivity contribution in [1.82, 2.24) is 14.5 Å². The first kappa shape index (κ1) is 18.6. The van der Waals surface area contributed by atoms with Crippen molar-refractivity contribution in [2.24, 2.45) is 5.92 Å². The SMILES string of the molecule is CCOC(=O)C1CCN(C(=O)Cn2cnc3ccc(Br)cc3c2=O)CC1. The van der Waals surface area contributed by atoms with E-state index in [1.807, 2.05) is 6.07 Å². The summed E-state index contributed by atoms with van der Waals surface area (Å²) in [5.74, 6) is -0.493. The molecule has 3 rings (SSSR count). The Morgan fingerprint density at radius 3 is 2.73 bits per heavy atom. The zero-order chi connectivity index (χ0) is 18.7. The van der Waals surface area contributed by atoms with Crippen molar-refractivity contribution >= 4 is 38.7 Å². The third-order valence-corrected chi connectivity index (χ3v) is 5.05. The van der Waals surface area contributed by atoms with Crippen molar-refractivity contribution in [2.75, 3.05) is 19.7 Å². The van der Waals surface area contributed by atoms with Crippen LogP contribution in [0.4, 0.5) is 0 Å². The van der Waals surface area contributed by atoms with Gasteiger partial charge in [0.15, 0.2) is 0 Å². The fraction of sp³-hybridized carbons (Fsp3) is 0.444. The summed E-state index contributed by atoms with van der Waals surface area (Å²) in [7, 11) is 0. The van der Waals surface area contributed by atoms with Crippen molar-refractivity contribution in [3.63, 3.8) is 0 Å². The summed E-state index contributed by atoms with van der Waals surface area (Å²) in [5.41, 5.74) is 0.350. The molecular weight excluding hydrogens is 402 g/mol. The highest BCUT2D eigenvalue weighted by atomic mass is 79.9. The van der Waals surface area contributed by atoms with Crippen molar-refractivity contribution in [3.05, 3.63) is 39.4 Å². The Hall–Kier alpha value is -2.22. The van der Waals surface area contributed by atoms with Crippen LogP contribution in [-0.2, 0) is 20.9 Å². The average molecular weight is 422 g/mol. The van der Waals surface area contributed by atoms with Gasteiger partial charge in [-0.15, -0.1) is 0 Å². The van der Waals surface area contributed by atoms with Gasteiger partial charge in [-0.05, 0) is 38.0 Å². The first-order valence-corrected chi connectivity index (χ1v) is 9.38. The second kappa shape index (κ2) is 7.99. The largest absolute Gasteiger partial charge is 0.466 e. The van der Waals surface area contributed by atoms with Gasteiger partial charge >= 0.3 is 5.97 Å². The van der Waals surface area contributed by atoms with Crippen LogP contribution >= 0.6 is 15.9 Å². The van der Waals surface area contributed by atoms with Gasteiger partial charge in [0.05, 0.1) is 29.8 Å². The van der Waals surface area contributed by atoms with Gasteiger partial charge in [0.1, 0.15) is 6.54 Å². The second-order valence-electron chi connectivity index (χ2n) is 6.25. The Balaban J connectivity index is 1.67. The van der Waals surface area contributed by atoms with E-state index in [1.54, 1.807) is 24.0 Å². The summed E-state index contributed by atoms with van der Waals surface area (Å²) >= 11 is 3.34. The molecule has 7 nitrogen and oxygen atoms in total. The van der Waals surface area contributed by atoms with Crippen LogP contribution < -0.4 is 5.56 Å². The summed E-state index contributed by atoms with van der Waals surface area (Å²) in [6, 6.07) is 5.28. The molecule has 1 fully saturated rings. The standard InChI is InChI=1S/C18H20BrN3O4/c1-2-26-18(25)12-5-7-21(8-6-12)16(23)10-22-11-20-15-4-3-13(19)9-14(15)17(22)24/h3-4,9,11-12H,2,5-8,10H2,1H3. The Bertz CT molecular complexity index is 888. The van der Waals surface area contributed by atoms with Crippen molar-refractivity contribution in [1.29, 1.82) is 0 Å². The molecule has 1 aliphatic heterocycles. The quantitative estimate of drug-likeness (QED) is 0.704. The number of ether oxygens (including phenoxy) is 1. The van der Waals surface area contributed by atoms with Crippen LogP contribution in [0, 0.1) is 5.92 Å². The molecule has 0 bridgehead atoms. The fourth-order valence-electron chi connectivity index (χ4n) is 3.11. The minimum absolute atomic E-state index is 0.0572. The normalized spacial score (nSPS) is 15.2. The molecule has 2 aromatic rings. The number of esters is 1. The van der Waals surface area contributed by atoms with Gasteiger partial charge in [-0.2, -0.15) is 0 Å². The number of hydrogen-bond acceptors (Lipinski definition) is 5. The molecule has 2 heterocycles. The van der Waals surface area contributed by atoms with Gasteiger partial charge in [0.25, 0.3) is 5.56 Å². The van der Waals surface area contributed by atoms with E-state index in [0.29, 0.717) is 43.4 Å². The Morgan fingerprint density at radius 2 is 2.04 bits per heavy atom. The predicted octanol–water partition coefficient (Wildman–Crippen LogP) is 1.96. The summed E-state index contributed by atoms with van der Waals surface area (Å²) < 4.78 is 7.15. The van der Waals surface area contributed by atoms with Gasteiger partial charge < -0.3 is 9.64 Å². The van der Waals surface area contributed by atoms with Crippen molar-refractivity contribution < 1.29 is 14.3 Å². The number of piperidine rings is 1.